The molecule has 0 N–H and O–H groups in total. The molecule has 0 nitrogen and oxygen atoms in total. The predicted molar refractivity (Wildman–Crippen MR) is 243 cm³/mol. The Labute approximate surface area is 358 Å². The third kappa shape index (κ3) is 12.4. The molecule has 2 radical (unpaired) electrons. The summed E-state index contributed by atoms with van der Waals surface area (Å²) in [5.41, 5.74) is 13.9. The molecule has 0 spiro atoms. The molecule has 0 amide bonds. The fourth-order valence-corrected chi connectivity index (χ4v) is 8.69. The summed E-state index contributed by atoms with van der Waals surface area (Å²) in [7, 11) is 0. The summed E-state index contributed by atoms with van der Waals surface area (Å²) in [5, 5.41) is 5.68. The van der Waals surface area contributed by atoms with Gasteiger partial charge < -0.3 is 14.9 Å². The Kier molecular flexibility index (Phi) is 20.5. The van der Waals surface area contributed by atoms with Crippen LogP contribution in [-0.4, -0.2) is 6.88 Å². The fraction of sp³-hybridized carbons (Fsp3) is 0.360. The summed E-state index contributed by atoms with van der Waals surface area (Å²) in [6.07, 6.45) is 16.8. The molecule has 2 fully saturated rings. The third-order valence-corrected chi connectivity index (χ3v) is 11.3. The molecule has 6 aromatic carbocycles. The van der Waals surface area contributed by atoms with Crippen molar-refractivity contribution in [3.8, 4) is 22.3 Å². The molecule has 0 unspecified atom stereocenters. The molecule has 0 aliphatic heterocycles. The van der Waals surface area contributed by atoms with Crippen molar-refractivity contribution in [3.63, 3.8) is 0 Å². The van der Waals surface area contributed by atoms with Crippen molar-refractivity contribution in [2.75, 3.05) is 0 Å². The monoisotopic (exact) mass is 850 g/mol. The second kappa shape index (κ2) is 23.1. The van der Waals surface area contributed by atoms with Crippen LogP contribution in [0.3, 0.4) is 0 Å². The van der Waals surface area contributed by atoms with Gasteiger partial charge in [-0.2, -0.15) is 12.1 Å². The molecule has 6 aromatic rings. The van der Waals surface area contributed by atoms with Crippen LogP contribution < -0.4 is 0 Å². The Bertz CT molecular complexity index is 1840. The van der Waals surface area contributed by atoms with Crippen molar-refractivity contribution in [1.82, 2.24) is 0 Å². The molecule has 8 rings (SSSR count). The summed E-state index contributed by atoms with van der Waals surface area (Å²) in [6, 6.07) is 37.1. The zero-order chi connectivity index (χ0) is 35.0. The molecule has 2 aliphatic rings. The minimum atomic E-state index is 0. The van der Waals surface area contributed by atoms with E-state index in [1.54, 1.807) is 0 Å². The van der Waals surface area contributed by atoms with Gasteiger partial charge in [0.1, 0.15) is 0 Å². The number of rotatable bonds is 6. The Morgan fingerprint density at radius 1 is 0.481 bits per heavy atom. The maximum atomic E-state index is 3.06. The molecule has 0 heterocycles. The second-order valence-electron chi connectivity index (χ2n) is 15.5. The molecule has 2 saturated carbocycles. The molecule has 288 valence electrons. The van der Waals surface area contributed by atoms with E-state index < -0.39 is 0 Å². The van der Waals surface area contributed by atoms with Gasteiger partial charge in [0.15, 0.2) is 0 Å². The summed E-state index contributed by atoms with van der Waals surface area (Å²) < 4.78 is 0. The van der Waals surface area contributed by atoms with Gasteiger partial charge in [-0.3, -0.25) is 0 Å². The molecule has 0 saturated heterocycles. The van der Waals surface area contributed by atoms with Gasteiger partial charge in [-0.05, 0) is 63.5 Å². The summed E-state index contributed by atoms with van der Waals surface area (Å²) >= 11 is 1.36. The van der Waals surface area contributed by atoms with Crippen LogP contribution in [0.15, 0.2) is 97.1 Å². The summed E-state index contributed by atoms with van der Waals surface area (Å²) in [6.45, 7) is 11.8. The first kappa shape index (κ1) is 47.9. The van der Waals surface area contributed by atoms with Crippen LogP contribution in [0, 0.1) is 54.4 Å². The number of hydrogen-bond acceptors (Lipinski definition) is 0. The van der Waals surface area contributed by atoms with Gasteiger partial charge in [0.25, 0.3) is 0 Å². The molecule has 54 heavy (non-hydrogen) atoms. The van der Waals surface area contributed by atoms with E-state index in [2.05, 4.69) is 132 Å². The van der Waals surface area contributed by atoms with Crippen molar-refractivity contribution in [2.24, 2.45) is 11.8 Å². The molecule has 0 aromatic heterocycles. The number of benzene rings is 4. The number of halogens is 2. The summed E-state index contributed by atoms with van der Waals surface area (Å²) in [5.74, 6) is 1.80. The normalized spacial score (nSPS) is 14.2. The SMILES string of the molecule is Cc1ccc(-c2cc(C)cc3[cH-]c(CC4CCCCC4)cc23)cc1.Cc1ccc(-c2cc(C)cc3[cH-]c(CC4CCCCC4)cc23)cc1.Cl.Cl.[CH3-].[CH3-].[Si]=[Zr]. The molecule has 2 aliphatic carbocycles. The number of aryl methyl sites for hydroxylation is 4. The standard InChI is InChI=1S/2C24H27.2CH3.2ClH.Si.Zr/c2*1-17-8-10-21(11-9-17)23-13-18(2)12-22-15-20(16-24(22)23)14-19-6-4-3-5-7-19;;;;;;/h2*8-13,15-16,19H,3-7,14H2,1-2H3;2*1H3;2*1H;;/q4*-1;;;;. The van der Waals surface area contributed by atoms with Crippen molar-refractivity contribution in [3.05, 3.63) is 145 Å². The van der Waals surface area contributed by atoms with Gasteiger partial charge in [-0.25, -0.2) is 0 Å². The molecular formula is C50H62Cl2SiZr-4. The van der Waals surface area contributed by atoms with E-state index >= 15 is 0 Å². The van der Waals surface area contributed by atoms with Crippen LogP contribution in [0.5, 0.6) is 0 Å². The van der Waals surface area contributed by atoms with E-state index in [-0.39, 0.29) is 39.7 Å². The second-order valence-corrected chi connectivity index (χ2v) is 15.5. The van der Waals surface area contributed by atoms with Crippen molar-refractivity contribution in [1.29, 1.82) is 0 Å². The minimum absolute atomic E-state index is 0. The van der Waals surface area contributed by atoms with Gasteiger partial charge in [-0.15, -0.1) is 81.8 Å². The average Bonchev–Trinajstić information content (AvgIpc) is 3.73. The molecule has 0 bridgehead atoms. The van der Waals surface area contributed by atoms with Gasteiger partial charge >= 0.3 is 30.2 Å². The van der Waals surface area contributed by atoms with E-state index in [0.717, 1.165) is 11.8 Å². The zero-order valence-corrected chi connectivity index (χ0v) is 38.8. The first-order chi connectivity index (χ1) is 24.4. The quantitative estimate of drug-likeness (QED) is 0.116. The molecule has 4 heteroatoms. The Balaban J connectivity index is 0.000000334. The zero-order valence-electron chi connectivity index (χ0n) is 33.7. The van der Waals surface area contributed by atoms with E-state index in [4.69, 9.17) is 0 Å². The van der Waals surface area contributed by atoms with Crippen LogP contribution in [0.1, 0.15) is 97.6 Å². The van der Waals surface area contributed by atoms with E-state index in [1.165, 1.54) is 178 Å². The van der Waals surface area contributed by atoms with Gasteiger partial charge in [0.05, 0.1) is 0 Å². The third-order valence-electron chi connectivity index (χ3n) is 11.3. The molecular weight excluding hydrogens is 791 g/mol. The Morgan fingerprint density at radius 3 is 1.15 bits per heavy atom. The van der Waals surface area contributed by atoms with Gasteiger partial charge in [0.2, 0.25) is 0 Å². The van der Waals surface area contributed by atoms with Crippen LogP contribution >= 0.6 is 24.8 Å². The van der Waals surface area contributed by atoms with Crippen molar-refractivity contribution >= 4 is 53.2 Å². The summed E-state index contributed by atoms with van der Waals surface area (Å²) in [4.78, 5) is 0. The average molecular weight is 853 g/mol. The predicted octanol–water partition coefficient (Wildman–Crippen LogP) is 15.3. The first-order valence-electron chi connectivity index (χ1n) is 19.2. The number of hydrogen-bond donors (Lipinski definition) is 0. The van der Waals surface area contributed by atoms with Gasteiger partial charge in [-0.1, -0.05) is 158 Å². The van der Waals surface area contributed by atoms with Crippen molar-refractivity contribution in [2.45, 2.75) is 105 Å². The fourth-order valence-electron chi connectivity index (χ4n) is 8.69. The van der Waals surface area contributed by atoms with Crippen LogP contribution in [0.4, 0.5) is 0 Å². The van der Waals surface area contributed by atoms with E-state index in [1.807, 2.05) is 0 Å². The van der Waals surface area contributed by atoms with Crippen LogP contribution in [-0.2, 0) is 36.2 Å². The van der Waals surface area contributed by atoms with Crippen LogP contribution in [0.2, 0.25) is 0 Å². The maximum absolute atomic E-state index is 3.06. The Hall–Kier alpha value is -2.22. The van der Waals surface area contributed by atoms with E-state index in [9.17, 15) is 0 Å². The van der Waals surface area contributed by atoms with Gasteiger partial charge in [0, 0.05) is 0 Å². The number of fused-ring (bicyclic) bond motifs is 2. The van der Waals surface area contributed by atoms with Crippen LogP contribution in [0.25, 0.3) is 43.8 Å². The Morgan fingerprint density at radius 2 is 0.815 bits per heavy atom. The molecule has 0 atom stereocenters. The van der Waals surface area contributed by atoms with Crippen molar-refractivity contribution < 1.29 is 23.3 Å². The topological polar surface area (TPSA) is 0 Å². The van der Waals surface area contributed by atoms with E-state index in [0.29, 0.717) is 0 Å². The first-order valence-corrected chi connectivity index (χ1v) is 23.4.